The average molecular weight is 438 g/mol. The molecule has 1 heterocycles. The maximum atomic E-state index is 12.1. The molecule has 2 amide bonds. The van der Waals surface area contributed by atoms with E-state index in [1.54, 1.807) is 24.3 Å². The molecule has 0 bridgehead atoms. The zero-order valence-corrected chi connectivity index (χ0v) is 14.9. The smallest absolute Gasteiger partial charge is 0.414 e. The fraction of sp³-hybridized carbons (Fsp3) is 0.176. The molecular weight excluding hydrogens is 423 g/mol. The van der Waals surface area contributed by atoms with E-state index in [2.05, 4.69) is 27.9 Å². The molecule has 1 N–H and O–H groups in total. The van der Waals surface area contributed by atoms with E-state index < -0.39 is 6.09 Å². The highest BCUT2D eigenvalue weighted by atomic mass is 127. The van der Waals surface area contributed by atoms with Crippen LogP contribution in [0.15, 0.2) is 48.5 Å². The summed E-state index contributed by atoms with van der Waals surface area (Å²) in [6.45, 7) is 0.696. The van der Waals surface area contributed by atoms with Crippen molar-refractivity contribution in [2.45, 2.75) is 0 Å². The third-order valence-corrected chi connectivity index (χ3v) is 4.13. The van der Waals surface area contributed by atoms with Gasteiger partial charge >= 0.3 is 6.09 Å². The van der Waals surface area contributed by atoms with Gasteiger partial charge in [0.25, 0.3) is 5.91 Å². The summed E-state index contributed by atoms with van der Waals surface area (Å²) in [6, 6.07) is 14.5. The van der Waals surface area contributed by atoms with Crippen LogP contribution in [0.2, 0.25) is 0 Å². The second-order valence-electron chi connectivity index (χ2n) is 5.07. The number of benzene rings is 2. The first-order chi connectivity index (χ1) is 11.6. The number of carbonyl (C=O) groups is 2. The van der Waals surface area contributed by atoms with Crippen LogP contribution in [0, 0.1) is 3.57 Å². The van der Waals surface area contributed by atoms with E-state index in [9.17, 15) is 9.59 Å². The van der Waals surface area contributed by atoms with Crippen LogP contribution in [-0.2, 0) is 9.53 Å². The number of carbonyl (C=O) groups excluding carboxylic acids is 2. The lowest BCUT2D eigenvalue weighted by Crippen LogP contribution is -2.26. The quantitative estimate of drug-likeness (QED) is 0.728. The molecule has 2 aromatic carbocycles. The Labute approximate surface area is 152 Å². The number of cyclic esters (lactones) is 1. The van der Waals surface area contributed by atoms with E-state index in [1.807, 2.05) is 24.3 Å². The van der Waals surface area contributed by atoms with E-state index in [0.29, 0.717) is 30.3 Å². The third kappa shape index (κ3) is 3.97. The van der Waals surface area contributed by atoms with Crippen molar-refractivity contribution < 1.29 is 19.1 Å². The summed E-state index contributed by atoms with van der Waals surface area (Å²) in [4.78, 5) is 25.3. The van der Waals surface area contributed by atoms with Gasteiger partial charge in [0.1, 0.15) is 12.4 Å². The Morgan fingerprint density at radius 2 is 1.96 bits per heavy atom. The Hall–Kier alpha value is -2.29. The Balaban J connectivity index is 1.64. The number of anilines is 2. The highest BCUT2D eigenvalue weighted by molar-refractivity contribution is 14.1. The predicted molar refractivity (Wildman–Crippen MR) is 98.4 cm³/mol. The van der Waals surface area contributed by atoms with Crippen molar-refractivity contribution in [3.8, 4) is 5.75 Å². The lowest BCUT2D eigenvalue weighted by molar-refractivity contribution is -0.118. The van der Waals surface area contributed by atoms with Gasteiger partial charge in [-0.1, -0.05) is 12.1 Å². The van der Waals surface area contributed by atoms with Crippen molar-refractivity contribution in [2.24, 2.45) is 0 Å². The predicted octanol–water partition coefficient (Wildman–Crippen LogP) is 3.27. The zero-order chi connectivity index (χ0) is 16.9. The minimum atomic E-state index is -0.410. The molecule has 0 atom stereocenters. The number of nitrogens with one attached hydrogen (secondary N) is 1. The van der Waals surface area contributed by atoms with Gasteiger partial charge in [-0.05, 0) is 59.0 Å². The molecule has 3 rings (SSSR count). The fourth-order valence-electron chi connectivity index (χ4n) is 2.29. The van der Waals surface area contributed by atoms with Crippen molar-refractivity contribution in [2.75, 3.05) is 30.0 Å². The standard InChI is InChI=1S/C17H15IN2O4/c18-12-5-7-13(8-6-12)24-11-16(21)19-14-3-1-2-4-15(14)20-9-10-23-17(20)22/h1-8H,9-11H2,(H,19,21). The van der Waals surface area contributed by atoms with Gasteiger partial charge < -0.3 is 14.8 Å². The maximum Gasteiger partial charge on any atom is 0.414 e. The normalized spacial score (nSPS) is 13.5. The van der Waals surface area contributed by atoms with E-state index in [4.69, 9.17) is 9.47 Å². The minimum absolute atomic E-state index is 0.112. The monoisotopic (exact) mass is 438 g/mol. The number of hydrogen-bond acceptors (Lipinski definition) is 4. The molecular formula is C17H15IN2O4. The van der Waals surface area contributed by atoms with E-state index in [-0.39, 0.29) is 12.5 Å². The van der Waals surface area contributed by atoms with Crippen LogP contribution in [0.25, 0.3) is 0 Å². The van der Waals surface area contributed by atoms with Gasteiger partial charge in [0.15, 0.2) is 6.61 Å². The van der Waals surface area contributed by atoms with Gasteiger partial charge in [0.2, 0.25) is 0 Å². The Morgan fingerprint density at radius 1 is 1.21 bits per heavy atom. The van der Waals surface area contributed by atoms with Gasteiger partial charge in [-0.3, -0.25) is 9.69 Å². The third-order valence-electron chi connectivity index (χ3n) is 3.41. The second kappa shape index (κ2) is 7.52. The van der Waals surface area contributed by atoms with Gasteiger partial charge in [-0.2, -0.15) is 0 Å². The first-order valence-electron chi connectivity index (χ1n) is 7.35. The van der Waals surface area contributed by atoms with E-state index >= 15 is 0 Å². The topological polar surface area (TPSA) is 67.9 Å². The van der Waals surface area contributed by atoms with Crippen LogP contribution in [0.4, 0.5) is 16.2 Å². The first kappa shape index (κ1) is 16.6. The second-order valence-corrected chi connectivity index (χ2v) is 6.32. The number of hydrogen-bond donors (Lipinski definition) is 1. The van der Waals surface area contributed by atoms with Crippen molar-refractivity contribution in [1.82, 2.24) is 0 Å². The largest absolute Gasteiger partial charge is 0.484 e. The van der Waals surface area contributed by atoms with Gasteiger partial charge in [0.05, 0.1) is 17.9 Å². The molecule has 0 unspecified atom stereocenters. The zero-order valence-electron chi connectivity index (χ0n) is 12.7. The van der Waals surface area contributed by atoms with Crippen LogP contribution >= 0.6 is 22.6 Å². The minimum Gasteiger partial charge on any atom is -0.484 e. The number of ether oxygens (including phenoxy) is 2. The summed E-state index contributed by atoms with van der Waals surface area (Å²) in [6.07, 6.45) is -0.410. The molecule has 2 aromatic rings. The summed E-state index contributed by atoms with van der Waals surface area (Å²) in [5.41, 5.74) is 1.16. The number of rotatable bonds is 5. The van der Waals surface area contributed by atoms with Crippen molar-refractivity contribution in [3.05, 3.63) is 52.1 Å². The van der Waals surface area contributed by atoms with Gasteiger partial charge in [-0.25, -0.2) is 4.79 Å². The molecule has 0 aliphatic carbocycles. The number of para-hydroxylation sites is 2. The summed E-state index contributed by atoms with van der Waals surface area (Å²) in [5.74, 6) is 0.329. The molecule has 0 aromatic heterocycles. The van der Waals surface area contributed by atoms with Gasteiger partial charge in [-0.15, -0.1) is 0 Å². The molecule has 0 radical (unpaired) electrons. The molecule has 124 valence electrons. The summed E-state index contributed by atoms with van der Waals surface area (Å²) in [7, 11) is 0. The molecule has 6 nitrogen and oxygen atoms in total. The molecule has 1 fully saturated rings. The summed E-state index contributed by atoms with van der Waals surface area (Å²) < 4.78 is 11.5. The summed E-state index contributed by atoms with van der Waals surface area (Å²) in [5, 5.41) is 2.77. The molecule has 1 aliphatic rings. The first-order valence-corrected chi connectivity index (χ1v) is 8.43. The Bertz CT molecular complexity index is 749. The fourth-order valence-corrected chi connectivity index (χ4v) is 2.65. The Kier molecular flexibility index (Phi) is 5.19. The maximum absolute atomic E-state index is 12.1. The van der Waals surface area contributed by atoms with Crippen LogP contribution < -0.4 is 15.0 Å². The molecule has 0 saturated carbocycles. The number of amides is 2. The van der Waals surface area contributed by atoms with E-state index in [0.717, 1.165) is 3.57 Å². The van der Waals surface area contributed by atoms with Gasteiger partial charge in [0, 0.05) is 3.57 Å². The number of halogens is 1. The Morgan fingerprint density at radius 3 is 2.67 bits per heavy atom. The molecule has 24 heavy (non-hydrogen) atoms. The summed E-state index contributed by atoms with van der Waals surface area (Å²) >= 11 is 2.20. The SMILES string of the molecule is O=C(COc1ccc(I)cc1)Nc1ccccc1N1CCOC1=O. The molecule has 1 saturated heterocycles. The molecule has 7 heteroatoms. The van der Waals surface area contributed by atoms with Crippen LogP contribution in [-0.4, -0.2) is 31.8 Å². The van der Waals surface area contributed by atoms with Crippen LogP contribution in [0.5, 0.6) is 5.75 Å². The molecule has 1 aliphatic heterocycles. The van der Waals surface area contributed by atoms with Crippen molar-refractivity contribution >= 4 is 46.0 Å². The number of nitrogens with zero attached hydrogens (tertiary/aromatic N) is 1. The molecule has 0 spiro atoms. The van der Waals surface area contributed by atoms with Crippen molar-refractivity contribution in [1.29, 1.82) is 0 Å². The lowest BCUT2D eigenvalue weighted by Gasteiger charge is -2.17. The van der Waals surface area contributed by atoms with Crippen molar-refractivity contribution in [3.63, 3.8) is 0 Å². The van der Waals surface area contributed by atoms with Crippen LogP contribution in [0.3, 0.4) is 0 Å². The average Bonchev–Trinajstić information content (AvgIpc) is 3.01. The lowest BCUT2D eigenvalue weighted by atomic mass is 10.2. The van der Waals surface area contributed by atoms with Crippen LogP contribution in [0.1, 0.15) is 0 Å². The highest BCUT2D eigenvalue weighted by Gasteiger charge is 2.25. The highest BCUT2D eigenvalue weighted by Crippen LogP contribution is 2.27. The van der Waals surface area contributed by atoms with E-state index in [1.165, 1.54) is 4.90 Å².